The van der Waals surface area contributed by atoms with Crippen LogP contribution in [0.4, 0.5) is 0 Å². The lowest BCUT2D eigenvalue weighted by atomic mass is 10.00. The first-order chi connectivity index (χ1) is 34.5. The van der Waals surface area contributed by atoms with Crippen LogP contribution in [-0.2, 0) is 65.6 Å². The molecule has 0 saturated carbocycles. The van der Waals surface area contributed by atoms with Gasteiger partial charge in [0, 0.05) is 19.4 Å². The molecule has 2 aromatic rings. The van der Waals surface area contributed by atoms with Gasteiger partial charge in [0.05, 0.1) is 31.7 Å². The molecule has 9 amide bonds. The number of carbonyl (C=O) groups is 11. The Balaban J connectivity index is 1.81. The van der Waals surface area contributed by atoms with Crippen LogP contribution in [0.5, 0.6) is 0 Å². The second-order valence-corrected chi connectivity index (χ2v) is 18.5. The van der Waals surface area contributed by atoms with Crippen molar-refractivity contribution < 1.29 is 68.1 Å². The van der Waals surface area contributed by atoms with Gasteiger partial charge in [-0.15, -0.1) is 0 Å². The van der Waals surface area contributed by atoms with Gasteiger partial charge in [0.25, 0.3) is 0 Å². The zero-order chi connectivity index (χ0) is 54.5. The summed E-state index contributed by atoms with van der Waals surface area (Å²) in [6.45, 7) is 6.10. The SMILES string of the molecule is CC(=O)C(NC(=O)C(CO)NC(=O)C(Cc1ccccc1)NC(=O)C1CCCN1C(=O)C(NC(=O)C(CCC(N)=O)NC(=O)C(CC(=O)O)NC(=O)C(CO)NC(=O)C(N)Cc1ccccc1)C(C)C)C(C)C. The third kappa shape index (κ3) is 19.0. The smallest absolute Gasteiger partial charge is 0.305 e. The molecule has 73 heavy (non-hydrogen) atoms. The summed E-state index contributed by atoms with van der Waals surface area (Å²) in [7, 11) is 0. The van der Waals surface area contributed by atoms with Crippen molar-refractivity contribution >= 4 is 64.9 Å². The van der Waals surface area contributed by atoms with Gasteiger partial charge in [0.15, 0.2) is 5.78 Å². The lowest BCUT2D eigenvalue weighted by molar-refractivity contribution is -0.144. The van der Waals surface area contributed by atoms with Gasteiger partial charge in [-0.2, -0.15) is 0 Å². The Labute approximate surface area is 422 Å². The number of aliphatic carboxylic acids is 1. The molecule has 1 fully saturated rings. The number of amides is 9. The van der Waals surface area contributed by atoms with Gasteiger partial charge in [-0.05, 0) is 55.6 Å². The van der Waals surface area contributed by atoms with Crippen LogP contribution in [0, 0.1) is 11.8 Å². The standard InChI is InChI=1S/C49H70N10O14/c1-26(2)40(28(5)62)57-47(71)36(25-61)56-44(68)33(22-30-15-10-7-11-16-30)54-48(72)37-17-12-20-59(37)49(73)41(27(3)4)58-43(67)32(18-19-38(51)63)52-45(69)34(23-39(64)65)53-46(70)35(24-60)55-42(66)31(50)21-29-13-8-6-9-14-29/h6-11,13-16,26-27,31-37,40-41,60-61H,12,17-25,50H2,1-5H3,(H2,51,63)(H,52,69)(H,53,70)(H,54,72)(H,55,66)(H,56,68)(H,57,71)(H,58,67)(H,64,65). The normalized spacial score (nSPS) is 16.5. The average molecular weight is 1020 g/mol. The number of carbonyl (C=O) groups excluding carboxylic acids is 10. The maximum absolute atomic E-state index is 14.4. The molecule has 0 aliphatic carbocycles. The lowest BCUT2D eigenvalue weighted by Crippen LogP contribution is -2.61. The van der Waals surface area contributed by atoms with Gasteiger partial charge in [-0.25, -0.2) is 0 Å². The van der Waals surface area contributed by atoms with Gasteiger partial charge >= 0.3 is 5.97 Å². The Kier molecular flexibility index (Phi) is 24.1. The van der Waals surface area contributed by atoms with Gasteiger partial charge in [0.1, 0.15) is 42.3 Å². The van der Waals surface area contributed by atoms with Gasteiger partial charge < -0.3 is 68.9 Å². The number of hydrogen-bond acceptors (Lipinski definition) is 14. The highest BCUT2D eigenvalue weighted by Gasteiger charge is 2.41. The minimum atomic E-state index is -1.91. The summed E-state index contributed by atoms with van der Waals surface area (Å²) >= 11 is 0. The first kappa shape index (κ1) is 60.0. The number of benzene rings is 2. The molecule has 9 unspecified atom stereocenters. The summed E-state index contributed by atoms with van der Waals surface area (Å²) in [5, 5.41) is 46.7. The zero-order valence-corrected chi connectivity index (χ0v) is 41.6. The Bertz CT molecular complexity index is 2270. The van der Waals surface area contributed by atoms with E-state index in [0.717, 1.165) is 0 Å². The number of Topliss-reactive ketones (excluding diaryl/α,β-unsaturated/α-hetero) is 1. The number of hydrogen-bond donors (Lipinski definition) is 12. The number of nitrogens with two attached hydrogens (primary N) is 2. The van der Waals surface area contributed by atoms with E-state index >= 15 is 0 Å². The highest BCUT2D eigenvalue weighted by atomic mass is 16.4. The minimum Gasteiger partial charge on any atom is -0.481 e. The third-order valence-electron chi connectivity index (χ3n) is 12.0. The number of nitrogens with one attached hydrogen (secondary N) is 7. The Morgan fingerprint density at radius 3 is 1.56 bits per heavy atom. The third-order valence-corrected chi connectivity index (χ3v) is 12.0. The van der Waals surface area contributed by atoms with Gasteiger partial charge in [-0.1, -0.05) is 88.4 Å². The number of primary amides is 1. The van der Waals surface area contributed by atoms with E-state index in [9.17, 15) is 68.1 Å². The van der Waals surface area contributed by atoms with Gasteiger partial charge in [-0.3, -0.25) is 52.7 Å². The molecule has 24 heteroatoms. The van der Waals surface area contributed by atoms with Crippen molar-refractivity contribution in [2.75, 3.05) is 19.8 Å². The zero-order valence-electron chi connectivity index (χ0n) is 41.6. The topological polar surface area (TPSA) is 388 Å². The van der Waals surface area contributed by atoms with E-state index in [2.05, 4.69) is 37.2 Å². The van der Waals surface area contributed by atoms with Crippen molar-refractivity contribution in [2.24, 2.45) is 23.3 Å². The Hall–Kier alpha value is -7.31. The van der Waals surface area contributed by atoms with Gasteiger partial charge in [0.2, 0.25) is 53.2 Å². The molecular formula is C49H70N10O14. The van der Waals surface area contributed by atoms with Crippen LogP contribution in [0.1, 0.15) is 77.8 Å². The number of likely N-dealkylation sites (tertiary alicyclic amines) is 1. The van der Waals surface area contributed by atoms with E-state index in [-0.39, 0.29) is 37.5 Å². The molecule has 1 saturated heterocycles. The van der Waals surface area contributed by atoms with Crippen LogP contribution in [0.2, 0.25) is 0 Å². The maximum Gasteiger partial charge on any atom is 0.305 e. The molecule has 1 aliphatic heterocycles. The second-order valence-electron chi connectivity index (χ2n) is 18.5. The molecule has 3 rings (SSSR count). The van der Waals surface area contributed by atoms with E-state index < -0.39 is 152 Å². The number of aliphatic hydroxyl groups excluding tert-OH is 2. The summed E-state index contributed by atoms with van der Waals surface area (Å²) < 4.78 is 0. The number of nitrogens with zero attached hydrogens (tertiary/aromatic N) is 1. The molecule has 24 nitrogen and oxygen atoms in total. The molecule has 0 aromatic heterocycles. The van der Waals surface area contributed by atoms with E-state index in [1.54, 1.807) is 88.4 Å². The van der Waals surface area contributed by atoms with E-state index in [1.807, 2.05) is 0 Å². The average Bonchev–Trinajstić information content (AvgIpc) is 3.84. The number of carboxylic acids is 1. The molecule has 0 radical (unpaired) electrons. The predicted octanol–water partition coefficient (Wildman–Crippen LogP) is -3.19. The van der Waals surface area contributed by atoms with Crippen LogP contribution < -0.4 is 48.7 Å². The van der Waals surface area contributed by atoms with E-state index in [0.29, 0.717) is 17.5 Å². The fourth-order valence-electron chi connectivity index (χ4n) is 7.95. The first-order valence-corrected chi connectivity index (χ1v) is 24.0. The molecule has 2 aromatic carbocycles. The molecule has 1 aliphatic rings. The van der Waals surface area contributed by atoms with Crippen LogP contribution in [0.15, 0.2) is 60.7 Å². The number of rotatable bonds is 29. The van der Waals surface area contributed by atoms with Crippen LogP contribution >= 0.6 is 0 Å². The van der Waals surface area contributed by atoms with Crippen LogP contribution in [0.25, 0.3) is 0 Å². The van der Waals surface area contributed by atoms with Crippen LogP contribution in [0.3, 0.4) is 0 Å². The monoisotopic (exact) mass is 1020 g/mol. The van der Waals surface area contributed by atoms with Crippen molar-refractivity contribution in [3.05, 3.63) is 71.8 Å². The predicted molar refractivity (Wildman–Crippen MR) is 262 cm³/mol. The molecule has 14 N–H and O–H groups in total. The molecular weight excluding hydrogens is 953 g/mol. The summed E-state index contributed by atoms with van der Waals surface area (Å²) in [5.74, 6) is -11.2. The highest BCUT2D eigenvalue weighted by molar-refractivity contribution is 5.99. The maximum atomic E-state index is 14.4. The van der Waals surface area contributed by atoms with Crippen molar-refractivity contribution in [1.29, 1.82) is 0 Å². The quantitative estimate of drug-likeness (QED) is 0.0382. The fraction of sp³-hybridized carbons (Fsp3) is 0.531. The summed E-state index contributed by atoms with van der Waals surface area (Å²) in [6.07, 6.45) is -1.53. The molecule has 0 spiro atoms. The van der Waals surface area contributed by atoms with E-state index in [4.69, 9.17) is 11.5 Å². The fourth-order valence-corrected chi connectivity index (χ4v) is 7.95. The van der Waals surface area contributed by atoms with Crippen molar-refractivity contribution in [2.45, 2.75) is 134 Å². The highest BCUT2D eigenvalue weighted by Crippen LogP contribution is 2.21. The Morgan fingerprint density at radius 1 is 0.603 bits per heavy atom. The number of carboxylic acid groups (broad SMARTS) is 1. The first-order valence-electron chi connectivity index (χ1n) is 24.0. The van der Waals surface area contributed by atoms with Crippen LogP contribution in [-0.4, -0.2) is 159 Å². The minimum absolute atomic E-state index is 0.0398. The van der Waals surface area contributed by atoms with Crippen molar-refractivity contribution in [3.63, 3.8) is 0 Å². The lowest BCUT2D eigenvalue weighted by Gasteiger charge is -2.32. The largest absolute Gasteiger partial charge is 0.481 e. The molecule has 1 heterocycles. The van der Waals surface area contributed by atoms with Crippen molar-refractivity contribution in [1.82, 2.24) is 42.1 Å². The molecule has 0 bridgehead atoms. The Morgan fingerprint density at radius 2 is 1.05 bits per heavy atom. The summed E-state index contributed by atoms with van der Waals surface area (Å²) in [4.78, 5) is 147. The number of ketones is 1. The summed E-state index contributed by atoms with van der Waals surface area (Å²) in [6, 6.07) is 4.51. The van der Waals surface area contributed by atoms with E-state index in [1.165, 1.54) is 11.8 Å². The number of aliphatic hydroxyl groups is 2. The van der Waals surface area contributed by atoms with Crippen molar-refractivity contribution in [3.8, 4) is 0 Å². The molecule has 400 valence electrons. The second kappa shape index (κ2) is 29.3. The molecule has 9 atom stereocenters. The summed E-state index contributed by atoms with van der Waals surface area (Å²) in [5.41, 5.74) is 12.7.